The van der Waals surface area contributed by atoms with E-state index in [1.165, 1.54) is 25.7 Å². The lowest BCUT2D eigenvalue weighted by atomic mass is 9.81. The fourth-order valence-electron chi connectivity index (χ4n) is 2.02. The molecular weight excluding hydrogens is 218 g/mol. The average Bonchev–Trinajstić information content (AvgIpc) is 2.17. The fraction of sp³-hybridized carbons (Fsp3) is 0.923. The van der Waals surface area contributed by atoms with Crippen molar-refractivity contribution in [3.05, 3.63) is 0 Å². The molecule has 0 N–H and O–H groups in total. The molecular formula is C13H25NOS. The molecule has 0 amide bonds. The standard InChI is InChI=1S/C13H25NOS/c1-10-6-8-12(9-7-10)11(2)14-16(15)13(3,4)5/h10,12H,6-9H2,1-5H3/b14-11+/t10?,12?,16-/m0/s1. The third-order valence-corrected chi connectivity index (χ3v) is 4.86. The van der Waals surface area contributed by atoms with Crippen molar-refractivity contribution in [1.82, 2.24) is 0 Å². The smallest absolute Gasteiger partial charge is 0.144 e. The minimum Gasteiger partial charge on any atom is -0.234 e. The second-order valence-electron chi connectivity index (χ2n) is 6.05. The van der Waals surface area contributed by atoms with Gasteiger partial charge < -0.3 is 0 Å². The lowest BCUT2D eigenvalue weighted by Crippen LogP contribution is -2.24. The molecule has 0 aromatic carbocycles. The predicted molar refractivity (Wildman–Crippen MR) is 72.1 cm³/mol. The third-order valence-electron chi connectivity index (χ3n) is 3.36. The highest BCUT2D eigenvalue weighted by atomic mass is 32.2. The van der Waals surface area contributed by atoms with E-state index in [9.17, 15) is 4.21 Å². The van der Waals surface area contributed by atoms with Gasteiger partial charge in [-0.25, -0.2) is 4.21 Å². The fourth-order valence-corrected chi connectivity index (χ4v) is 2.70. The highest BCUT2D eigenvalue weighted by molar-refractivity contribution is 7.85. The normalized spacial score (nSPS) is 30.2. The number of rotatable bonds is 2. The predicted octanol–water partition coefficient (Wildman–Crippen LogP) is 3.74. The molecule has 0 aliphatic heterocycles. The Kier molecular flexibility index (Phi) is 4.72. The Bertz CT molecular complexity index is 283. The molecule has 1 fully saturated rings. The molecule has 2 nitrogen and oxygen atoms in total. The Morgan fingerprint density at radius 1 is 1.19 bits per heavy atom. The monoisotopic (exact) mass is 243 g/mol. The molecule has 0 aromatic rings. The van der Waals surface area contributed by atoms with Gasteiger partial charge in [-0.3, -0.25) is 0 Å². The lowest BCUT2D eigenvalue weighted by molar-refractivity contribution is 0.343. The summed E-state index contributed by atoms with van der Waals surface area (Å²) >= 11 is 0. The van der Waals surface area contributed by atoms with E-state index in [0.717, 1.165) is 11.6 Å². The number of hydrogen-bond acceptors (Lipinski definition) is 1. The van der Waals surface area contributed by atoms with Gasteiger partial charge >= 0.3 is 0 Å². The first-order chi connectivity index (χ1) is 7.30. The maximum atomic E-state index is 11.9. The van der Waals surface area contributed by atoms with Gasteiger partial charge in [0, 0.05) is 5.71 Å². The van der Waals surface area contributed by atoms with Crippen molar-refractivity contribution < 1.29 is 4.21 Å². The van der Waals surface area contributed by atoms with Gasteiger partial charge in [-0.1, -0.05) is 19.8 Å². The van der Waals surface area contributed by atoms with E-state index in [0.29, 0.717) is 5.92 Å². The zero-order valence-corrected chi connectivity index (χ0v) is 12.1. The van der Waals surface area contributed by atoms with Gasteiger partial charge in [0.25, 0.3) is 0 Å². The summed E-state index contributed by atoms with van der Waals surface area (Å²) in [5, 5.41) is 0. The molecule has 0 bridgehead atoms. The minimum absolute atomic E-state index is 0.233. The molecule has 1 aliphatic rings. The highest BCUT2D eigenvalue weighted by Crippen LogP contribution is 2.29. The van der Waals surface area contributed by atoms with E-state index in [-0.39, 0.29) is 4.75 Å². The Labute approximate surface area is 103 Å². The Hall–Kier alpha value is -0.180. The van der Waals surface area contributed by atoms with Crippen LogP contribution in [0.3, 0.4) is 0 Å². The van der Waals surface area contributed by atoms with Gasteiger partial charge in [-0.2, -0.15) is 4.40 Å². The molecule has 0 spiro atoms. The molecule has 1 atom stereocenters. The van der Waals surface area contributed by atoms with E-state index in [4.69, 9.17) is 0 Å². The molecule has 1 saturated carbocycles. The average molecular weight is 243 g/mol. The van der Waals surface area contributed by atoms with Crippen molar-refractivity contribution in [1.29, 1.82) is 0 Å². The molecule has 0 unspecified atom stereocenters. The Morgan fingerprint density at radius 3 is 2.12 bits per heavy atom. The zero-order valence-electron chi connectivity index (χ0n) is 11.2. The van der Waals surface area contributed by atoms with E-state index in [1.807, 2.05) is 27.7 Å². The van der Waals surface area contributed by atoms with E-state index in [2.05, 4.69) is 11.3 Å². The Morgan fingerprint density at radius 2 is 1.69 bits per heavy atom. The van der Waals surface area contributed by atoms with Gasteiger partial charge in [-0.15, -0.1) is 0 Å². The van der Waals surface area contributed by atoms with Crippen LogP contribution in [0.2, 0.25) is 0 Å². The number of hydrogen-bond donors (Lipinski definition) is 0. The summed E-state index contributed by atoms with van der Waals surface area (Å²) in [4.78, 5) is 0. The van der Waals surface area contributed by atoms with Crippen LogP contribution in [0.1, 0.15) is 60.3 Å². The van der Waals surface area contributed by atoms with Crippen molar-refractivity contribution in [2.24, 2.45) is 16.2 Å². The van der Waals surface area contributed by atoms with Crippen LogP contribution in [0.15, 0.2) is 4.40 Å². The SMILES string of the molecule is C/C(=N\[S@@](=O)C(C)(C)C)C1CCC(C)CC1. The summed E-state index contributed by atoms with van der Waals surface area (Å²) in [7, 11) is -1.09. The van der Waals surface area contributed by atoms with Crippen molar-refractivity contribution in [3.8, 4) is 0 Å². The Balaban J connectivity index is 2.60. The van der Waals surface area contributed by atoms with Crippen molar-refractivity contribution in [2.75, 3.05) is 0 Å². The van der Waals surface area contributed by atoms with Crippen molar-refractivity contribution >= 4 is 16.7 Å². The molecule has 1 rings (SSSR count). The van der Waals surface area contributed by atoms with Crippen LogP contribution in [0.5, 0.6) is 0 Å². The van der Waals surface area contributed by atoms with Crippen LogP contribution in [0.25, 0.3) is 0 Å². The first-order valence-electron chi connectivity index (χ1n) is 6.28. The van der Waals surface area contributed by atoms with Gasteiger partial charge in [0.15, 0.2) is 0 Å². The molecule has 0 radical (unpaired) electrons. The molecule has 0 heterocycles. The molecule has 0 saturated heterocycles. The van der Waals surface area contributed by atoms with Crippen molar-refractivity contribution in [3.63, 3.8) is 0 Å². The second-order valence-corrected chi connectivity index (χ2v) is 7.96. The van der Waals surface area contributed by atoms with Gasteiger partial charge in [0.05, 0.1) is 4.75 Å². The number of nitrogens with zero attached hydrogens (tertiary/aromatic N) is 1. The molecule has 94 valence electrons. The van der Waals surface area contributed by atoms with E-state index < -0.39 is 11.0 Å². The highest BCUT2D eigenvalue weighted by Gasteiger charge is 2.23. The van der Waals surface area contributed by atoms with Crippen LogP contribution >= 0.6 is 0 Å². The maximum absolute atomic E-state index is 11.9. The van der Waals surface area contributed by atoms with E-state index in [1.54, 1.807) is 0 Å². The quantitative estimate of drug-likeness (QED) is 0.679. The van der Waals surface area contributed by atoms with E-state index >= 15 is 0 Å². The molecule has 16 heavy (non-hydrogen) atoms. The van der Waals surface area contributed by atoms with Crippen LogP contribution in [0, 0.1) is 11.8 Å². The molecule has 0 aromatic heterocycles. The summed E-state index contributed by atoms with van der Waals surface area (Å²) in [5.74, 6) is 1.43. The molecule has 1 aliphatic carbocycles. The topological polar surface area (TPSA) is 29.4 Å². The zero-order chi connectivity index (χ0) is 12.3. The third kappa shape index (κ3) is 4.00. The second kappa shape index (κ2) is 5.44. The lowest BCUT2D eigenvalue weighted by Gasteiger charge is -2.26. The summed E-state index contributed by atoms with van der Waals surface area (Å²) < 4.78 is 16.1. The minimum atomic E-state index is -1.09. The van der Waals surface area contributed by atoms with Crippen LogP contribution < -0.4 is 0 Å². The summed E-state index contributed by atoms with van der Waals surface area (Å²) in [5.41, 5.74) is 1.10. The van der Waals surface area contributed by atoms with Gasteiger partial charge in [0.2, 0.25) is 0 Å². The molecule has 3 heteroatoms. The summed E-state index contributed by atoms with van der Waals surface area (Å²) in [6, 6.07) is 0. The van der Waals surface area contributed by atoms with Crippen LogP contribution in [0.4, 0.5) is 0 Å². The largest absolute Gasteiger partial charge is 0.234 e. The first-order valence-corrected chi connectivity index (χ1v) is 7.38. The van der Waals surface area contributed by atoms with Crippen LogP contribution in [-0.2, 0) is 11.0 Å². The van der Waals surface area contributed by atoms with Gasteiger partial charge in [-0.05, 0) is 52.4 Å². The van der Waals surface area contributed by atoms with Gasteiger partial charge in [0.1, 0.15) is 11.0 Å². The van der Waals surface area contributed by atoms with Crippen LogP contribution in [-0.4, -0.2) is 14.7 Å². The van der Waals surface area contributed by atoms with Crippen molar-refractivity contribution in [2.45, 2.75) is 65.0 Å². The summed E-state index contributed by atoms with van der Waals surface area (Å²) in [6.07, 6.45) is 5.02. The maximum Gasteiger partial charge on any atom is 0.144 e. The first kappa shape index (κ1) is 13.9. The summed E-state index contributed by atoms with van der Waals surface area (Å²) in [6.45, 7) is 10.3.